The first-order chi connectivity index (χ1) is 15.0. The smallest absolute Gasteiger partial charge is 0.271 e. The van der Waals surface area contributed by atoms with Crippen LogP contribution >= 0.6 is 0 Å². The highest BCUT2D eigenvalue weighted by Gasteiger charge is 2.30. The van der Waals surface area contributed by atoms with Gasteiger partial charge in [0, 0.05) is 37.7 Å². The van der Waals surface area contributed by atoms with Gasteiger partial charge >= 0.3 is 0 Å². The molecule has 7 nitrogen and oxygen atoms in total. The van der Waals surface area contributed by atoms with Gasteiger partial charge in [-0.15, -0.1) is 0 Å². The number of nitrogens with one attached hydrogen (secondary N) is 1. The van der Waals surface area contributed by atoms with Crippen molar-refractivity contribution < 1.29 is 18.0 Å². The lowest BCUT2D eigenvalue weighted by molar-refractivity contribution is -0.120. The molecule has 0 unspecified atom stereocenters. The third kappa shape index (κ3) is 5.89. The third-order valence-electron chi connectivity index (χ3n) is 5.43. The van der Waals surface area contributed by atoms with Gasteiger partial charge in [-0.05, 0) is 48.6 Å². The summed E-state index contributed by atoms with van der Waals surface area (Å²) < 4.78 is 26.8. The van der Waals surface area contributed by atoms with Gasteiger partial charge in [-0.2, -0.15) is 9.41 Å². The van der Waals surface area contributed by atoms with Crippen LogP contribution in [0, 0.1) is 12.3 Å². The Kier molecular flexibility index (Phi) is 6.95. The van der Waals surface area contributed by atoms with E-state index in [9.17, 15) is 18.0 Å². The fourth-order valence-electron chi connectivity index (χ4n) is 3.77. The predicted octanol–water partition coefficient (Wildman–Crippen LogP) is 3.68. The number of sulfonamides is 1. The van der Waals surface area contributed by atoms with Crippen molar-refractivity contribution in [1.29, 1.82) is 0 Å². The SMILES string of the molecule is Cc1ccc(S(=O)(=O)N(C)Cc2ccc(C(=O)N/N=C3/CC(=O)CC(C)(C)C3)cc2)cc1. The second-order valence-electron chi connectivity index (χ2n) is 9.12. The molecule has 1 aliphatic carbocycles. The summed E-state index contributed by atoms with van der Waals surface area (Å²) in [7, 11) is -2.08. The van der Waals surface area contributed by atoms with E-state index in [1.807, 2.05) is 20.8 Å². The summed E-state index contributed by atoms with van der Waals surface area (Å²) in [6.45, 7) is 6.10. The Hall–Kier alpha value is -2.84. The van der Waals surface area contributed by atoms with Crippen molar-refractivity contribution >= 4 is 27.4 Å². The second-order valence-corrected chi connectivity index (χ2v) is 11.2. The molecule has 2 aromatic carbocycles. The normalized spacial score (nSPS) is 17.5. The zero-order valence-corrected chi connectivity index (χ0v) is 19.7. The maximum absolute atomic E-state index is 12.8. The maximum Gasteiger partial charge on any atom is 0.271 e. The molecular weight excluding hydrogens is 426 g/mol. The summed E-state index contributed by atoms with van der Waals surface area (Å²) in [4.78, 5) is 24.5. The Morgan fingerprint density at radius 3 is 2.28 bits per heavy atom. The predicted molar refractivity (Wildman–Crippen MR) is 124 cm³/mol. The van der Waals surface area contributed by atoms with Crippen molar-refractivity contribution in [1.82, 2.24) is 9.73 Å². The van der Waals surface area contributed by atoms with Gasteiger partial charge in [0.2, 0.25) is 10.0 Å². The summed E-state index contributed by atoms with van der Waals surface area (Å²) in [5.41, 5.74) is 5.21. The summed E-state index contributed by atoms with van der Waals surface area (Å²) in [6.07, 6.45) is 1.46. The van der Waals surface area contributed by atoms with E-state index in [0.29, 0.717) is 24.1 Å². The minimum atomic E-state index is -3.61. The number of carbonyl (C=O) groups excluding carboxylic acids is 2. The van der Waals surface area contributed by atoms with Gasteiger partial charge in [0.1, 0.15) is 5.78 Å². The zero-order valence-electron chi connectivity index (χ0n) is 18.9. The van der Waals surface area contributed by atoms with Crippen LogP contribution in [0.2, 0.25) is 0 Å². The van der Waals surface area contributed by atoms with Crippen molar-refractivity contribution in [2.75, 3.05) is 7.05 Å². The Bertz CT molecular complexity index is 1130. The van der Waals surface area contributed by atoms with Gasteiger partial charge in [0.15, 0.2) is 0 Å². The molecule has 0 heterocycles. The lowest BCUT2D eigenvalue weighted by atomic mass is 9.76. The molecular formula is C24H29N3O4S. The first kappa shape index (κ1) is 23.8. The van der Waals surface area contributed by atoms with Gasteiger partial charge in [-0.1, -0.05) is 43.7 Å². The van der Waals surface area contributed by atoms with Crippen LogP contribution in [0.4, 0.5) is 0 Å². The molecule has 1 saturated carbocycles. The number of amides is 1. The van der Waals surface area contributed by atoms with Crippen molar-refractivity contribution in [3.63, 3.8) is 0 Å². The van der Waals surface area contributed by atoms with Crippen LogP contribution in [-0.4, -0.2) is 37.2 Å². The van der Waals surface area contributed by atoms with Gasteiger partial charge in [0.25, 0.3) is 5.91 Å². The molecule has 1 amide bonds. The van der Waals surface area contributed by atoms with Crippen molar-refractivity contribution in [2.24, 2.45) is 10.5 Å². The fourth-order valence-corrected chi connectivity index (χ4v) is 4.93. The highest BCUT2D eigenvalue weighted by Crippen LogP contribution is 2.31. The summed E-state index contributed by atoms with van der Waals surface area (Å²) in [6, 6.07) is 13.4. The van der Waals surface area contributed by atoms with E-state index in [0.717, 1.165) is 11.1 Å². The number of carbonyl (C=O) groups is 2. The number of hydrazone groups is 1. The lowest BCUT2D eigenvalue weighted by Crippen LogP contribution is -2.31. The summed E-state index contributed by atoms with van der Waals surface area (Å²) in [5, 5.41) is 4.16. The molecule has 170 valence electrons. The molecule has 3 rings (SSSR count). The first-order valence-electron chi connectivity index (χ1n) is 10.5. The number of Topliss-reactive ketones (excluding diaryl/α,β-unsaturated/α-hetero) is 1. The monoisotopic (exact) mass is 455 g/mol. The molecule has 1 aliphatic rings. The highest BCUT2D eigenvalue weighted by atomic mass is 32.2. The van der Waals surface area contributed by atoms with E-state index in [2.05, 4.69) is 10.5 Å². The third-order valence-corrected chi connectivity index (χ3v) is 7.24. The molecule has 2 aromatic rings. The quantitative estimate of drug-likeness (QED) is 0.672. The molecule has 0 bridgehead atoms. The summed E-state index contributed by atoms with van der Waals surface area (Å²) >= 11 is 0. The van der Waals surface area contributed by atoms with Crippen LogP contribution < -0.4 is 5.43 Å². The number of rotatable bonds is 6. The van der Waals surface area contributed by atoms with E-state index < -0.39 is 10.0 Å². The first-order valence-corrected chi connectivity index (χ1v) is 11.9. The Morgan fingerprint density at radius 1 is 1.06 bits per heavy atom. The molecule has 0 atom stereocenters. The van der Waals surface area contributed by atoms with Crippen LogP contribution in [0.15, 0.2) is 58.5 Å². The number of hydrogen-bond acceptors (Lipinski definition) is 5. The molecule has 32 heavy (non-hydrogen) atoms. The number of nitrogens with zero attached hydrogens (tertiary/aromatic N) is 2. The van der Waals surface area contributed by atoms with Gasteiger partial charge in [-0.25, -0.2) is 13.8 Å². The molecule has 1 N–H and O–H groups in total. The fraction of sp³-hybridized carbons (Fsp3) is 0.375. The molecule has 8 heteroatoms. The second kappa shape index (κ2) is 9.34. The summed E-state index contributed by atoms with van der Waals surface area (Å²) in [5.74, 6) is -0.246. The van der Waals surface area contributed by atoms with E-state index in [-0.39, 0.29) is 35.0 Å². The number of hydrogen-bond donors (Lipinski definition) is 1. The molecule has 0 aromatic heterocycles. The van der Waals surface area contributed by atoms with Gasteiger partial charge in [-0.3, -0.25) is 9.59 Å². The number of aryl methyl sites for hydroxylation is 1. The molecule has 0 aliphatic heterocycles. The molecule has 0 spiro atoms. The highest BCUT2D eigenvalue weighted by molar-refractivity contribution is 7.89. The minimum absolute atomic E-state index is 0.128. The van der Waals surface area contributed by atoms with Crippen LogP contribution in [-0.2, 0) is 21.4 Å². The maximum atomic E-state index is 12.8. The van der Waals surface area contributed by atoms with Crippen LogP contribution in [0.25, 0.3) is 0 Å². The van der Waals surface area contributed by atoms with Crippen LogP contribution in [0.1, 0.15) is 54.6 Å². The van der Waals surface area contributed by atoms with Crippen molar-refractivity contribution in [3.05, 3.63) is 65.2 Å². The Morgan fingerprint density at radius 2 is 1.69 bits per heavy atom. The van der Waals surface area contributed by atoms with Crippen molar-refractivity contribution in [2.45, 2.75) is 51.5 Å². The van der Waals surface area contributed by atoms with E-state index in [1.165, 1.54) is 11.4 Å². The number of benzene rings is 2. The topological polar surface area (TPSA) is 95.9 Å². The van der Waals surface area contributed by atoms with Crippen molar-refractivity contribution in [3.8, 4) is 0 Å². The zero-order chi connectivity index (χ0) is 23.5. The van der Waals surface area contributed by atoms with E-state index >= 15 is 0 Å². The van der Waals surface area contributed by atoms with E-state index in [1.54, 1.807) is 48.5 Å². The largest absolute Gasteiger partial charge is 0.299 e. The van der Waals surface area contributed by atoms with Gasteiger partial charge in [0.05, 0.1) is 4.90 Å². The average molecular weight is 456 g/mol. The Labute approximate surface area is 189 Å². The molecule has 1 fully saturated rings. The molecule has 0 saturated heterocycles. The minimum Gasteiger partial charge on any atom is -0.299 e. The van der Waals surface area contributed by atoms with Crippen LogP contribution in [0.3, 0.4) is 0 Å². The molecule has 0 radical (unpaired) electrons. The van der Waals surface area contributed by atoms with Gasteiger partial charge < -0.3 is 0 Å². The number of ketones is 1. The Balaban J connectivity index is 1.63. The average Bonchev–Trinajstić information content (AvgIpc) is 2.71. The lowest BCUT2D eigenvalue weighted by Gasteiger charge is -2.29. The van der Waals surface area contributed by atoms with Crippen LogP contribution in [0.5, 0.6) is 0 Å². The standard InChI is InChI=1S/C24H29N3O4S/c1-17-5-11-22(12-6-17)32(30,31)27(4)16-18-7-9-19(10-8-18)23(29)26-25-20-13-21(28)15-24(2,3)14-20/h5-12H,13-16H2,1-4H3,(H,26,29)/b25-20-. The van der Waals surface area contributed by atoms with E-state index in [4.69, 9.17) is 0 Å².